The molecule has 1 aromatic carbocycles. The lowest BCUT2D eigenvalue weighted by molar-refractivity contribution is 0.0471. The molecule has 0 fully saturated rings. The molecule has 7 heteroatoms. The van der Waals surface area contributed by atoms with E-state index in [4.69, 9.17) is 10.5 Å². The highest BCUT2D eigenvalue weighted by Gasteiger charge is 2.15. The zero-order valence-corrected chi connectivity index (χ0v) is 11.7. The number of ether oxygens (including phenoxy) is 1. The van der Waals surface area contributed by atoms with Crippen molar-refractivity contribution in [2.75, 3.05) is 5.73 Å². The molecule has 2 aromatic rings. The summed E-state index contributed by atoms with van der Waals surface area (Å²) in [5, 5.41) is 0. The molecule has 2 N–H and O–H groups in total. The molecule has 1 aromatic heterocycles. The summed E-state index contributed by atoms with van der Waals surface area (Å²) < 4.78 is 31.3. The van der Waals surface area contributed by atoms with E-state index in [0.29, 0.717) is 5.56 Å². The highest BCUT2D eigenvalue weighted by molar-refractivity contribution is 9.10. The van der Waals surface area contributed by atoms with Gasteiger partial charge in [0.15, 0.2) is 0 Å². The number of aromatic nitrogens is 1. The van der Waals surface area contributed by atoms with Crippen molar-refractivity contribution in [3.05, 3.63) is 57.8 Å². The molecule has 0 unspecified atom stereocenters. The van der Waals surface area contributed by atoms with Gasteiger partial charge in [0.25, 0.3) is 0 Å². The minimum absolute atomic E-state index is 0.0910. The van der Waals surface area contributed by atoms with Crippen LogP contribution in [0.25, 0.3) is 0 Å². The minimum Gasteiger partial charge on any atom is -0.457 e. The third kappa shape index (κ3) is 3.30. The van der Waals surface area contributed by atoms with Crippen LogP contribution in [0.3, 0.4) is 0 Å². The molecule has 0 saturated heterocycles. The van der Waals surface area contributed by atoms with Crippen LogP contribution in [0.4, 0.5) is 14.5 Å². The van der Waals surface area contributed by atoms with Gasteiger partial charge in [-0.25, -0.2) is 13.6 Å². The summed E-state index contributed by atoms with van der Waals surface area (Å²) in [6.45, 7) is -0.146. The molecule has 4 nitrogen and oxygen atoms in total. The Labute approximate surface area is 121 Å². The van der Waals surface area contributed by atoms with Gasteiger partial charge < -0.3 is 10.5 Å². The summed E-state index contributed by atoms with van der Waals surface area (Å²) >= 11 is 3.05. The first kappa shape index (κ1) is 14.4. The Morgan fingerprint density at radius 1 is 1.30 bits per heavy atom. The third-order valence-corrected chi connectivity index (χ3v) is 3.09. The number of carbonyl (C=O) groups excluding carboxylic acids is 1. The zero-order valence-electron chi connectivity index (χ0n) is 10.1. The molecule has 0 spiro atoms. The van der Waals surface area contributed by atoms with Crippen LogP contribution in [0.2, 0.25) is 0 Å². The van der Waals surface area contributed by atoms with Crippen LogP contribution in [0.15, 0.2) is 35.1 Å². The fourth-order valence-electron chi connectivity index (χ4n) is 1.48. The number of anilines is 1. The monoisotopic (exact) mass is 342 g/mol. The summed E-state index contributed by atoms with van der Waals surface area (Å²) in [5.41, 5.74) is 5.73. The predicted molar refractivity (Wildman–Crippen MR) is 71.8 cm³/mol. The van der Waals surface area contributed by atoms with Gasteiger partial charge in [-0.2, -0.15) is 0 Å². The molecule has 0 aliphatic rings. The lowest BCUT2D eigenvalue weighted by atomic mass is 10.2. The van der Waals surface area contributed by atoms with Gasteiger partial charge >= 0.3 is 5.97 Å². The summed E-state index contributed by atoms with van der Waals surface area (Å²) in [5.74, 6) is -1.86. The van der Waals surface area contributed by atoms with E-state index in [-0.39, 0.29) is 22.3 Å². The number of benzene rings is 1. The largest absolute Gasteiger partial charge is 0.457 e. The number of hydrogen-bond acceptors (Lipinski definition) is 4. The van der Waals surface area contributed by atoms with Gasteiger partial charge in [0.2, 0.25) is 0 Å². The van der Waals surface area contributed by atoms with Gasteiger partial charge in [-0.15, -0.1) is 0 Å². The number of nitrogens with two attached hydrogens (primary N) is 1. The minimum atomic E-state index is -0.701. The molecule has 0 aliphatic heterocycles. The summed E-state index contributed by atoms with van der Waals surface area (Å²) in [6, 6.07) is 3.45. The second-order valence-electron chi connectivity index (χ2n) is 3.94. The molecule has 0 amide bonds. The van der Waals surface area contributed by atoms with Gasteiger partial charge in [-0.05, 0) is 34.1 Å². The van der Waals surface area contributed by atoms with Crippen molar-refractivity contribution in [3.8, 4) is 0 Å². The molecule has 2 rings (SSSR count). The van der Waals surface area contributed by atoms with E-state index >= 15 is 0 Å². The Bertz CT molecular complexity index is 665. The van der Waals surface area contributed by atoms with Crippen molar-refractivity contribution in [1.82, 2.24) is 4.98 Å². The number of esters is 1. The first-order chi connectivity index (χ1) is 9.47. The van der Waals surface area contributed by atoms with Crippen LogP contribution >= 0.6 is 15.9 Å². The molecule has 1 heterocycles. The normalized spacial score (nSPS) is 10.3. The summed E-state index contributed by atoms with van der Waals surface area (Å²) in [6.07, 6.45) is 2.42. The molecule has 0 bridgehead atoms. The highest BCUT2D eigenvalue weighted by atomic mass is 79.9. The standard InChI is InChI=1S/C13H9BrF2N2O2/c14-10-3-11(16)12(17)2-9(10)13(19)20-6-7-1-8(15)5-18-4-7/h1-5H,6,17H2. The lowest BCUT2D eigenvalue weighted by Crippen LogP contribution is -2.08. The average molecular weight is 343 g/mol. The fourth-order valence-corrected chi connectivity index (χ4v) is 1.96. The number of hydrogen-bond donors (Lipinski definition) is 1. The predicted octanol–water partition coefficient (Wildman–Crippen LogP) is 3.06. The first-order valence-electron chi connectivity index (χ1n) is 5.48. The van der Waals surface area contributed by atoms with E-state index in [0.717, 1.165) is 12.3 Å². The van der Waals surface area contributed by atoms with Crippen molar-refractivity contribution in [2.45, 2.75) is 6.61 Å². The third-order valence-electron chi connectivity index (χ3n) is 2.44. The van der Waals surface area contributed by atoms with E-state index < -0.39 is 17.6 Å². The van der Waals surface area contributed by atoms with Gasteiger partial charge in [0.1, 0.15) is 18.2 Å². The molecule has 0 saturated carbocycles. The second-order valence-corrected chi connectivity index (χ2v) is 4.80. The van der Waals surface area contributed by atoms with Gasteiger partial charge in [0.05, 0.1) is 17.4 Å². The Kier molecular flexibility index (Phi) is 4.29. The van der Waals surface area contributed by atoms with Crippen LogP contribution in [-0.2, 0) is 11.3 Å². The molecule has 104 valence electrons. The Morgan fingerprint density at radius 3 is 2.75 bits per heavy atom. The fraction of sp³-hybridized carbons (Fsp3) is 0.0769. The van der Waals surface area contributed by atoms with Crippen molar-refractivity contribution >= 4 is 27.6 Å². The topological polar surface area (TPSA) is 65.2 Å². The molecule has 0 aliphatic carbocycles. The molecular weight excluding hydrogens is 334 g/mol. The molecule has 0 atom stereocenters. The molecule has 20 heavy (non-hydrogen) atoms. The van der Waals surface area contributed by atoms with E-state index in [1.807, 2.05) is 0 Å². The second kappa shape index (κ2) is 5.96. The number of halogens is 3. The SMILES string of the molecule is Nc1cc(C(=O)OCc2cncc(F)c2)c(Br)cc1F. The molecule has 0 radical (unpaired) electrons. The van der Waals surface area contributed by atoms with Crippen LogP contribution in [0.5, 0.6) is 0 Å². The number of pyridine rings is 1. The van der Waals surface area contributed by atoms with Gasteiger partial charge in [-0.3, -0.25) is 4.98 Å². The van der Waals surface area contributed by atoms with Crippen molar-refractivity contribution in [1.29, 1.82) is 0 Å². The lowest BCUT2D eigenvalue weighted by Gasteiger charge is -2.08. The van der Waals surface area contributed by atoms with Crippen molar-refractivity contribution in [2.24, 2.45) is 0 Å². The number of carbonyl (C=O) groups is 1. The van der Waals surface area contributed by atoms with Gasteiger partial charge in [-0.1, -0.05) is 0 Å². The Morgan fingerprint density at radius 2 is 2.05 bits per heavy atom. The van der Waals surface area contributed by atoms with Gasteiger partial charge in [0, 0.05) is 16.2 Å². The Balaban J connectivity index is 2.11. The summed E-state index contributed by atoms with van der Waals surface area (Å²) in [4.78, 5) is 15.5. The number of nitrogens with zero attached hydrogens (tertiary/aromatic N) is 1. The van der Waals surface area contributed by atoms with E-state index in [1.165, 1.54) is 18.3 Å². The number of rotatable bonds is 3. The maximum absolute atomic E-state index is 13.2. The van der Waals surface area contributed by atoms with Crippen LogP contribution in [-0.4, -0.2) is 11.0 Å². The van der Waals surface area contributed by atoms with Crippen molar-refractivity contribution in [3.63, 3.8) is 0 Å². The maximum Gasteiger partial charge on any atom is 0.339 e. The average Bonchev–Trinajstić information content (AvgIpc) is 2.40. The number of nitrogen functional groups attached to an aromatic ring is 1. The van der Waals surface area contributed by atoms with E-state index in [2.05, 4.69) is 20.9 Å². The molecular formula is C13H9BrF2N2O2. The maximum atomic E-state index is 13.2. The highest BCUT2D eigenvalue weighted by Crippen LogP contribution is 2.23. The van der Waals surface area contributed by atoms with E-state index in [9.17, 15) is 13.6 Å². The van der Waals surface area contributed by atoms with Crippen LogP contribution in [0, 0.1) is 11.6 Å². The van der Waals surface area contributed by atoms with E-state index in [1.54, 1.807) is 0 Å². The van der Waals surface area contributed by atoms with Crippen LogP contribution < -0.4 is 5.73 Å². The first-order valence-corrected chi connectivity index (χ1v) is 6.27. The van der Waals surface area contributed by atoms with Crippen molar-refractivity contribution < 1.29 is 18.3 Å². The quantitative estimate of drug-likeness (QED) is 0.687. The summed E-state index contributed by atoms with van der Waals surface area (Å²) in [7, 11) is 0. The van der Waals surface area contributed by atoms with Crippen LogP contribution in [0.1, 0.15) is 15.9 Å². The Hall–Kier alpha value is -2.02. The smallest absolute Gasteiger partial charge is 0.339 e. The zero-order chi connectivity index (χ0) is 14.7.